The highest BCUT2D eigenvalue weighted by atomic mass is 35.5. The lowest BCUT2D eigenvalue weighted by atomic mass is 10.2. The van der Waals surface area contributed by atoms with Crippen LogP contribution >= 0.6 is 11.6 Å². The Hall–Kier alpha value is -1.66. The smallest absolute Gasteiger partial charge is 0.257 e. The standard InChI is InChI=1S/C13H18ClN3O3/c1-17(9-12(18)16-5-3-7-20-2)13(19)10-8-15-6-4-11(10)14/h4,6,8H,3,5,7,9H2,1-2H3,(H,16,18). The zero-order valence-corrected chi connectivity index (χ0v) is 12.3. The molecular weight excluding hydrogens is 282 g/mol. The number of hydrogen-bond acceptors (Lipinski definition) is 4. The zero-order valence-electron chi connectivity index (χ0n) is 11.6. The van der Waals surface area contributed by atoms with Crippen LogP contribution in [0.25, 0.3) is 0 Å². The van der Waals surface area contributed by atoms with E-state index in [1.54, 1.807) is 14.2 Å². The maximum Gasteiger partial charge on any atom is 0.257 e. The van der Waals surface area contributed by atoms with Crippen LogP contribution in [0.15, 0.2) is 18.5 Å². The monoisotopic (exact) mass is 299 g/mol. The Labute approximate surface area is 123 Å². The Morgan fingerprint density at radius 2 is 2.25 bits per heavy atom. The number of ether oxygens (including phenoxy) is 1. The molecule has 0 saturated carbocycles. The van der Waals surface area contributed by atoms with Gasteiger partial charge in [0.25, 0.3) is 5.91 Å². The minimum Gasteiger partial charge on any atom is -0.385 e. The van der Waals surface area contributed by atoms with Gasteiger partial charge in [0, 0.05) is 39.7 Å². The number of halogens is 1. The molecular formula is C13H18ClN3O3. The van der Waals surface area contributed by atoms with Crippen molar-refractivity contribution in [2.75, 3.05) is 33.9 Å². The van der Waals surface area contributed by atoms with Crippen LogP contribution in [-0.2, 0) is 9.53 Å². The van der Waals surface area contributed by atoms with Gasteiger partial charge < -0.3 is 15.0 Å². The molecule has 0 aliphatic heterocycles. The summed E-state index contributed by atoms with van der Waals surface area (Å²) in [6, 6.07) is 1.54. The van der Waals surface area contributed by atoms with Crippen molar-refractivity contribution in [3.8, 4) is 0 Å². The lowest BCUT2D eigenvalue weighted by Crippen LogP contribution is -2.39. The van der Waals surface area contributed by atoms with Gasteiger partial charge in [-0.2, -0.15) is 0 Å². The zero-order chi connectivity index (χ0) is 15.0. The third-order valence-corrected chi connectivity index (χ3v) is 2.90. The molecule has 0 spiro atoms. The Balaban J connectivity index is 2.46. The number of hydrogen-bond donors (Lipinski definition) is 1. The van der Waals surface area contributed by atoms with Crippen molar-refractivity contribution in [2.45, 2.75) is 6.42 Å². The van der Waals surface area contributed by atoms with Gasteiger partial charge in [0.05, 0.1) is 17.1 Å². The molecule has 1 aromatic heterocycles. The Morgan fingerprint density at radius 3 is 2.90 bits per heavy atom. The Morgan fingerprint density at radius 1 is 1.50 bits per heavy atom. The SMILES string of the molecule is COCCCNC(=O)CN(C)C(=O)c1cnccc1Cl. The summed E-state index contributed by atoms with van der Waals surface area (Å²) in [4.78, 5) is 28.9. The molecule has 0 saturated heterocycles. The number of pyridine rings is 1. The van der Waals surface area contributed by atoms with E-state index >= 15 is 0 Å². The molecule has 6 nitrogen and oxygen atoms in total. The Kier molecular flexibility index (Phi) is 6.97. The average molecular weight is 300 g/mol. The van der Waals surface area contributed by atoms with Gasteiger partial charge in [-0.25, -0.2) is 0 Å². The average Bonchev–Trinajstić information content (AvgIpc) is 2.43. The van der Waals surface area contributed by atoms with Crippen LogP contribution in [0.3, 0.4) is 0 Å². The van der Waals surface area contributed by atoms with Gasteiger partial charge in [-0.15, -0.1) is 0 Å². The van der Waals surface area contributed by atoms with E-state index in [-0.39, 0.29) is 23.9 Å². The molecule has 0 bridgehead atoms. The number of methoxy groups -OCH3 is 1. The second-order valence-electron chi connectivity index (χ2n) is 4.21. The van der Waals surface area contributed by atoms with E-state index in [0.717, 1.165) is 6.42 Å². The number of rotatable bonds is 7. The summed E-state index contributed by atoms with van der Waals surface area (Å²) in [6.07, 6.45) is 3.62. The molecule has 0 fully saturated rings. The summed E-state index contributed by atoms with van der Waals surface area (Å²) in [5, 5.41) is 3.02. The van der Waals surface area contributed by atoms with Crippen LogP contribution in [0, 0.1) is 0 Å². The second kappa shape index (κ2) is 8.50. The van der Waals surface area contributed by atoms with Crippen molar-refractivity contribution >= 4 is 23.4 Å². The van der Waals surface area contributed by atoms with Gasteiger partial charge >= 0.3 is 0 Å². The summed E-state index contributed by atoms with van der Waals surface area (Å²) in [5.41, 5.74) is 0.281. The first-order valence-electron chi connectivity index (χ1n) is 6.17. The van der Waals surface area contributed by atoms with Gasteiger partial charge in [0.2, 0.25) is 5.91 Å². The summed E-state index contributed by atoms with van der Waals surface area (Å²) >= 11 is 5.92. The number of amides is 2. The molecule has 1 aromatic rings. The van der Waals surface area contributed by atoms with Crippen LogP contribution < -0.4 is 5.32 Å². The van der Waals surface area contributed by atoms with Gasteiger partial charge in [-0.1, -0.05) is 11.6 Å². The van der Waals surface area contributed by atoms with Crippen LogP contribution in [0.2, 0.25) is 5.02 Å². The fourth-order valence-corrected chi connectivity index (χ4v) is 1.71. The van der Waals surface area contributed by atoms with Crippen molar-refractivity contribution in [1.82, 2.24) is 15.2 Å². The quantitative estimate of drug-likeness (QED) is 0.761. The molecule has 0 aliphatic carbocycles. The van der Waals surface area contributed by atoms with Crippen molar-refractivity contribution in [3.05, 3.63) is 29.0 Å². The van der Waals surface area contributed by atoms with Crippen molar-refractivity contribution in [1.29, 1.82) is 0 Å². The van der Waals surface area contributed by atoms with Crippen LogP contribution in [0.1, 0.15) is 16.8 Å². The maximum absolute atomic E-state index is 12.1. The van der Waals surface area contributed by atoms with Gasteiger partial charge in [0.1, 0.15) is 0 Å². The molecule has 0 radical (unpaired) electrons. The van der Waals surface area contributed by atoms with Gasteiger partial charge in [-0.3, -0.25) is 14.6 Å². The summed E-state index contributed by atoms with van der Waals surface area (Å²) in [5.74, 6) is -0.563. The lowest BCUT2D eigenvalue weighted by Gasteiger charge is -2.17. The van der Waals surface area contributed by atoms with Gasteiger partial charge in [-0.05, 0) is 12.5 Å². The van der Waals surface area contributed by atoms with E-state index < -0.39 is 0 Å². The maximum atomic E-state index is 12.1. The third-order valence-electron chi connectivity index (χ3n) is 2.57. The van der Waals surface area contributed by atoms with Crippen LogP contribution in [0.5, 0.6) is 0 Å². The van der Waals surface area contributed by atoms with E-state index in [4.69, 9.17) is 16.3 Å². The van der Waals surface area contributed by atoms with Crippen molar-refractivity contribution in [3.63, 3.8) is 0 Å². The molecule has 20 heavy (non-hydrogen) atoms. The molecule has 0 atom stereocenters. The molecule has 7 heteroatoms. The number of carbonyl (C=O) groups is 2. The number of nitrogens with zero attached hydrogens (tertiary/aromatic N) is 2. The molecule has 110 valence electrons. The van der Waals surface area contributed by atoms with E-state index in [2.05, 4.69) is 10.3 Å². The van der Waals surface area contributed by atoms with Crippen LogP contribution in [-0.4, -0.2) is 55.6 Å². The van der Waals surface area contributed by atoms with Gasteiger partial charge in [0.15, 0.2) is 0 Å². The van der Waals surface area contributed by atoms with E-state index in [0.29, 0.717) is 18.2 Å². The first-order chi connectivity index (χ1) is 9.56. The highest BCUT2D eigenvalue weighted by Gasteiger charge is 2.17. The highest BCUT2D eigenvalue weighted by molar-refractivity contribution is 6.33. The van der Waals surface area contributed by atoms with Crippen molar-refractivity contribution in [2.24, 2.45) is 0 Å². The van der Waals surface area contributed by atoms with E-state index in [1.807, 2.05) is 0 Å². The highest BCUT2D eigenvalue weighted by Crippen LogP contribution is 2.14. The molecule has 1 rings (SSSR count). The fourth-order valence-electron chi connectivity index (χ4n) is 1.53. The third kappa shape index (κ3) is 5.14. The van der Waals surface area contributed by atoms with E-state index in [1.165, 1.54) is 23.4 Å². The first-order valence-corrected chi connectivity index (χ1v) is 6.54. The molecule has 0 unspecified atom stereocenters. The summed E-state index contributed by atoms with van der Waals surface area (Å²) in [6.45, 7) is 1.07. The number of likely N-dealkylation sites (N-methyl/N-ethyl adjacent to an activating group) is 1. The second-order valence-corrected chi connectivity index (χ2v) is 4.62. The molecule has 1 heterocycles. The molecule has 0 aromatic carbocycles. The largest absolute Gasteiger partial charge is 0.385 e. The minimum atomic E-state index is -0.338. The number of nitrogens with one attached hydrogen (secondary N) is 1. The van der Waals surface area contributed by atoms with Crippen molar-refractivity contribution < 1.29 is 14.3 Å². The lowest BCUT2D eigenvalue weighted by molar-refractivity contribution is -0.121. The molecule has 0 aliphatic rings. The van der Waals surface area contributed by atoms with Crippen LogP contribution in [0.4, 0.5) is 0 Å². The summed E-state index contributed by atoms with van der Waals surface area (Å²) in [7, 11) is 3.15. The number of carbonyl (C=O) groups excluding carboxylic acids is 2. The van der Waals surface area contributed by atoms with E-state index in [9.17, 15) is 9.59 Å². The molecule has 1 N–H and O–H groups in total. The minimum absolute atomic E-state index is 0.0307. The normalized spacial score (nSPS) is 10.2. The fraction of sp³-hybridized carbons (Fsp3) is 0.462. The summed E-state index contributed by atoms with van der Waals surface area (Å²) < 4.78 is 4.88. The number of aromatic nitrogens is 1. The topological polar surface area (TPSA) is 71.5 Å². The predicted octanol–water partition coefficient (Wildman–Crippen LogP) is 0.960. The first kappa shape index (κ1) is 16.4. The predicted molar refractivity (Wildman–Crippen MR) is 75.7 cm³/mol. The molecule has 2 amide bonds. The Bertz CT molecular complexity index is 468.